The Kier molecular flexibility index (Phi) is 4.81. The number of hydrogen-bond donors (Lipinski definition) is 2. The number of rotatable bonds is 7. The third-order valence-corrected chi connectivity index (χ3v) is 2.96. The Morgan fingerprint density at radius 1 is 1.40 bits per heavy atom. The van der Waals surface area contributed by atoms with Crippen LogP contribution in [0.1, 0.15) is 19.2 Å². The van der Waals surface area contributed by atoms with Crippen LogP contribution in [0.25, 0.3) is 0 Å². The molecule has 0 aliphatic carbocycles. The van der Waals surface area contributed by atoms with Crippen molar-refractivity contribution in [2.24, 2.45) is 7.05 Å². The average Bonchev–Trinajstić information content (AvgIpc) is 2.85. The van der Waals surface area contributed by atoms with Crippen LogP contribution in [0, 0.1) is 0 Å². The molecule has 0 amide bonds. The van der Waals surface area contributed by atoms with Crippen LogP contribution in [-0.4, -0.2) is 27.9 Å². The van der Waals surface area contributed by atoms with Gasteiger partial charge in [-0.3, -0.25) is 0 Å². The van der Waals surface area contributed by atoms with Crippen molar-refractivity contribution in [1.29, 1.82) is 0 Å². The summed E-state index contributed by atoms with van der Waals surface area (Å²) in [5, 5.41) is 11.2. The zero-order valence-electron chi connectivity index (χ0n) is 12.0. The summed E-state index contributed by atoms with van der Waals surface area (Å²) in [5.74, 6) is 1.69. The number of nitrogen functional groups attached to an aromatic ring is 1. The van der Waals surface area contributed by atoms with Gasteiger partial charge in [-0.25, -0.2) is 0 Å². The molecule has 1 heterocycles. The van der Waals surface area contributed by atoms with Crippen molar-refractivity contribution >= 4 is 11.4 Å². The SMILES string of the molecule is CCCOc1cc(NCCc2nncn2C)ccc1N. The van der Waals surface area contributed by atoms with Crippen molar-refractivity contribution in [2.75, 3.05) is 24.2 Å². The molecule has 3 N–H and O–H groups in total. The number of aryl methyl sites for hydroxylation is 1. The van der Waals surface area contributed by atoms with E-state index in [1.807, 2.05) is 29.8 Å². The molecule has 6 heteroatoms. The minimum absolute atomic E-state index is 0.664. The maximum absolute atomic E-state index is 5.88. The quantitative estimate of drug-likeness (QED) is 0.754. The molecule has 0 aliphatic heterocycles. The highest BCUT2D eigenvalue weighted by molar-refractivity contribution is 5.61. The van der Waals surface area contributed by atoms with Crippen molar-refractivity contribution in [1.82, 2.24) is 14.8 Å². The first-order valence-electron chi connectivity index (χ1n) is 6.79. The monoisotopic (exact) mass is 275 g/mol. The van der Waals surface area contributed by atoms with Gasteiger partial charge in [0.25, 0.3) is 0 Å². The third-order valence-electron chi connectivity index (χ3n) is 2.96. The molecule has 2 aromatic rings. The molecule has 0 atom stereocenters. The highest BCUT2D eigenvalue weighted by Crippen LogP contribution is 2.25. The van der Waals surface area contributed by atoms with Crippen LogP contribution < -0.4 is 15.8 Å². The van der Waals surface area contributed by atoms with Crippen molar-refractivity contribution in [3.8, 4) is 5.75 Å². The van der Waals surface area contributed by atoms with Crippen LogP contribution in [0.4, 0.5) is 11.4 Å². The summed E-state index contributed by atoms with van der Waals surface area (Å²) in [6.45, 7) is 3.52. The number of ether oxygens (including phenoxy) is 1. The van der Waals surface area contributed by atoms with E-state index in [0.717, 1.165) is 36.6 Å². The van der Waals surface area contributed by atoms with E-state index < -0.39 is 0 Å². The standard InChI is InChI=1S/C14H21N5O/c1-3-8-20-13-9-11(4-5-12(13)15)16-7-6-14-18-17-10-19(14)2/h4-5,9-10,16H,3,6-8,15H2,1-2H3. The zero-order chi connectivity index (χ0) is 14.4. The van der Waals surface area contributed by atoms with E-state index >= 15 is 0 Å². The van der Waals surface area contributed by atoms with Crippen molar-refractivity contribution in [3.05, 3.63) is 30.4 Å². The lowest BCUT2D eigenvalue weighted by Crippen LogP contribution is -2.09. The maximum atomic E-state index is 5.88. The van der Waals surface area contributed by atoms with Gasteiger partial charge in [-0.1, -0.05) is 6.92 Å². The minimum Gasteiger partial charge on any atom is -0.491 e. The smallest absolute Gasteiger partial charge is 0.144 e. The number of nitrogens with two attached hydrogens (primary N) is 1. The van der Waals surface area contributed by atoms with E-state index in [1.54, 1.807) is 6.33 Å². The van der Waals surface area contributed by atoms with Gasteiger partial charge in [-0.15, -0.1) is 10.2 Å². The number of benzene rings is 1. The van der Waals surface area contributed by atoms with Gasteiger partial charge in [0.1, 0.15) is 17.9 Å². The minimum atomic E-state index is 0.664. The van der Waals surface area contributed by atoms with Gasteiger partial charge in [0.2, 0.25) is 0 Å². The number of nitrogens with zero attached hydrogens (tertiary/aromatic N) is 3. The zero-order valence-corrected chi connectivity index (χ0v) is 12.0. The summed E-state index contributed by atoms with van der Waals surface area (Å²) in [6.07, 6.45) is 3.48. The van der Waals surface area contributed by atoms with Gasteiger partial charge in [0, 0.05) is 31.8 Å². The van der Waals surface area contributed by atoms with Crippen molar-refractivity contribution in [3.63, 3.8) is 0 Å². The van der Waals surface area contributed by atoms with Crippen LogP contribution in [-0.2, 0) is 13.5 Å². The summed E-state index contributed by atoms with van der Waals surface area (Å²) in [7, 11) is 1.94. The lowest BCUT2D eigenvalue weighted by Gasteiger charge is -2.11. The predicted molar refractivity (Wildman–Crippen MR) is 79.8 cm³/mol. The lowest BCUT2D eigenvalue weighted by atomic mass is 10.2. The molecular formula is C14H21N5O. The highest BCUT2D eigenvalue weighted by atomic mass is 16.5. The molecule has 0 unspecified atom stereocenters. The topological polar surface area (TPSA) is 78.0 Å². The van der Waals surface area contributed by atoms with E-state index in [2.05, 4.69) is 22.4 Å². The van der Waals surface area contributed by atoms with Crippen LogP contribution in [0.15, 0.2) is 24.5 Å². The summed E-state index contributed by atoms with van der Waals surface area (Å²) >= 11 is 0. The molecule has 2 rings (SSSR count). The largest absolute Gasteiger partial charge is 0.491 e. The molecule has 108 valence electrons. The fourth-order valence-electron chi connectivity index (χ4n) is 1.83. The fourth-order valence-corrected chi connectivity index (χ4v) is 1.83. The van der Waals surface area contributed by atoms with E-state index in [0.29, 0.717) is 12.3 Å². The van der Waals surface area contributed by atoms with E-state index in [1.165, 1.54) is 0 Å². The first kappa shape index (κ1) is 14.2. The van der Waals surface area contributed by atoms with Gasteiger partial charge in [0.15, 0.2) is 0 Å². The molecule has 1 aromatic heterocycles. The fraction of sp³-hybridized carbons (Fsp3) is 0.429. The molecule has 6 nitrogen and oxygen atoms in total. The second-order valence-electron chi connectivity index (χ2n) is 4.64. The second-order valence-corrected chi connectivity index (χ2v) is 4.64. The maximum Gasteiger partial charge on any atom is 0.144 e. The Morgan fingerprint density at radius 3 is 2.95 bits per heavy atom. The Morgan fingerprint density at radius 2 is 2.25 bits per heavy atom. The first-order valence-corrected chi connectivity index (χ1v) is 6.79. The Hall–Kier alpha value is -2.24. The first-order chi connectivity index (χ1) is 9.70. The molecule has 0 fully saturated rings. The van der Waals surface area contributed by atoms with Gasteiger partial charge >= 0.3 is 0 Å². The Balaban J connectivity index is 1.91. The van der Waals surface area contributed by atoms with Crippen LogP contribution in [0.3, 0.4) is 0 Å². The Labute approximate surface area is 119 Å². The lowest BCUT2D eigenvalue weighted by molar-refractivity contribution is 0.319. The van der Waals surface area contributed by atoms with Gasteiger partial charge in [0.05, 0.1) is 12.3 Å². The molecule has 0 aliphatic rings. The molecule has 0 saturated carbocycles. The van der Waals surface area contributed by atoms with E-state index in [-0.39, 0.29) is 0 Å². The van der Waals surface area contributed by atoms with Crippen LogP contribution >= 0.6 is 0 Å². The van der Waals surface area contributed by atoms with Crippen molar-refractivity contribution < 1.29 is 4.74 Å². The summed E-state index contributed by atoms with van der Waals surface area (Å²) in [6, 6.07) is 5.74. The summed E-state index contributed by atoms with van der Waals surface area (Å²) < 4.78 is 7.52. The average molecular weight is 275 g/mol. The van der Waals surface area contributed by atoms with E-state index in [9.17, 15) is 0 Å². The molecule has 20 heavy (non-hydrogen) atoms. The molecule has 0 radical (unpaired) electrons. The van der Waals surface area contributed by atoms with E-state index in [4.69, 9.17) is 10.5 Å². The van der Waals surface area contributed by atoms with Gasteiger partial charge in [-0.05, 0) is 18.6 Å². The molecule has 0 saturated heterocycles. The normalized spacial score (nSPS) is 10.5. The van der Waals surface area contributed by atoms with Gasteiger partial charge in [-0.2, -0.15) is 0 Å². The molecule has 0 spiro atoms. The molecule has 0 bridgehead atoms. The number of anilines is 2. The molecular weight excluding hydrogens is 254 g/mol. The summed E-state index contributed by atoms with van der Waals surface area (Å²) in [5.41, 5.74) is 7.54. The second kappa shape index (κ2) is 6.79. The number of nitrogens with one attached hydrogen (secondary N) is 1. The summed E-state index contributed by atoms with van der Waals surface area (Å²) in [4.78, 5) is 0. The number of aromatic nitrogens is 3. The predicted octanol–water partition coefficient (Wildman–Crippen LogP) is 1.84. The van der Waals surface area contributed by atoms with Crippen molar-refractivity contribution in [2.45, 2.75) is 19.8 Å². The molecule has 1 aromatic carbocycles. The van der Waals surface area contributed by atoms with Gasteiger partial charge < -0.3 is 20.4 Å². The Bertz CT molecular complexity index is 552. The highest BCUT2D eigenvalue weighted by Gasteiger charge is 2.03. The number of hydrogen-bond acceptors (Lipinski definition) is 5. The third kappa shape index (κ3) is 3.63. The van der Waals surface area contributed by atoms with Crippen LogP contribution in [0.2, 0.25) is 0 Å². The van der Waals surface area contributed by atoms with Crippen LogP contribution in [0.5, 0.6) is 5.75 Å².